The van der Waals surface area contributed by atoms with Gasteiger partial charge in [-0.1, -0.05) is 0 Å². The first-order valence-electron chi connectivity index (χ1n) is 7.22. The van der Waals surface area contributed by atoms with Gasteiger partial charge in [0.15, 0.2) is 0 Å². The number of benzene rings is 1. The molecular formula is C16H20N2O3. The minimum atomic E-state index is -0.460. The van der Waals surface area contributed by atoms with Gasteiger partial charge in [0.2, 0.25) is 0 Å². The fourth-order valence-corrected chi connectivity index (χ4v) is 2.93. The van der Waals surface area contributed by atoms with Gasteiger partial charge in [-0.15, -0.1) is 0 Å². The average Bonchev–Trinajstić information content (AvgIpc) is 2.91. The SMILES string of the molecule is COC(=O)Nc1ccc2occ(C3CCN(C)CC3)c2c1. The number of fused-ring (bicyclic) bond motifs is 1. The monoisotopic (exact) mass is 288 g/mol. The maximum atomic E-state index is 11.3. The van der Waals surface area contributed by atoms with E-state index in [4.69, 9.17) is 4.42 Å². The smallest absolute Gasteiger partial charge is 0.411 e. The molecule has 3 rings (SSSR count). The quantitative estimate of drug-likeness (QED) is 0.920. The van der Waals surface area contributed by atoms with Crippen molar-refractivity contribution < 1.29 is 13.9 Å². The Morgan fingerprint density at radius 3 is 2.86 bits per heavy atom. The van der Waals surface area contributed by atoms with Crippen molar-refractivity contribution in [1.82, 2.24) is 4.90 Å². The molecule has 0 saturated carbocycles. The number of anilines is 1. The fourth-order valence-electron chi connectivity index (χ4n) is 2.93. The Morgan fingerprint density at radius 1 is 1.38 bits per heavy atom. The number of nitrogens with zero attached hydrogens (tertiary/aromatic N) is 1. The third kappa shape index (κ3) is 2.88. The number of carbonyl (C=O) groups excluding carboxylic acids is 1. The van der Waals surface area contributed by atoms with Crippen molar-refractivity contribution in [3.8, 4) is 0 Å². The van der Waals surface area contributed by atoms with Gasteiger partial charge in [-0.25, -0.2) is 4.79 Å². The number of amides is 1. The molecule has 21 heavy (non-hydrogen) atoms. The third-order valence-corrected chi connectivity index (χ3v) is 4.19. The number of methoxy groups -OCH3 is 1. The molecule has 0 bridgehead atoms. The first-order chi connectivity index (χ1) is 10.2. The van der Waals surface area contributed by atoms with E-state index in [9.17, 15) is 4.79 Å². The van der Waals surface area contributed by atoms with Gasteiger partial charge in [0.25, 0.3) is 0 Å². The fraction of sp³-hybridized carbons (Fsp3) is 0.438. The highest BCUT2D eigenvalue weighted by Crippen LogP contribution is 2.35. The van der Waals surface area contributed by atoms with Crippen LogP contribution in [0.2, 0.25) is 0 Å². The van der Waals surface area contributed by atoms with Gasteiger partial charge in [0, 0.05) is 16.6 Å². The highest BCUT2D eigenvalue weighted by molar-refractivity contribution is 5.90. The Bertz CT molecular complexity index is 642. The van der Waals surface area contributed by atoms with Crippen LogP contribution in [0.1, 0.15) is 24.3 Å². The van der Waals surface area contributed by atoms with Crippen LogP contribution < -0.4 is 5.32 Å². The molecule has 2 heterocycles. The van der Waals surface area contributed by atoms with Crippen molar-refractivity contribution in [2.75, 3.05) is 32.6 Å². The van der Waals surface area contributed by atoms with Crippen molar-refractivity contribution in [2.45, 2.75) is 18.8 Å². The molecule has 1 saturated heterocycles. The van der Waals surface area contributed by atoms with Crippen molar-refractivity contribution >= 4 is 22.7 Å². The predicted molar refractivity (Wildman–Crippen MR) is 81.7 cm³/mol. The van der Waals surface area contributed by atoms with Crippen molar-refractivity contribution in [1.29, 1.82) is 0 Å². The molecule has 5 nitrogen and oxygen atoms in total. The molecule has 1 amide bonds. The van der Waals surface area contributed by atoms with Crippen LogP contribution in [0.25, 0.3) is 11.0 Å². The van der Waals surface area contributed by atoms with Gasteiger partial charge in [-0.3, -0.25) is 5.32 Å². The molecule has 0 radical (unpaired) electrons. The molecule has 1 aromatic carbocycles. The first kappa shape index (κ1) is 13.9. The first-order valence-corrected chi connectivity index (χ1v) is 7.22. The van der Waals surface area contributed by atoms with Crippen LogP contribution >= 0.6 is 0 Å². The van der Waals surface area contributed by atoms with E-state index in [0.29, 0.717) is 5.92 Å². The summed E-state index contributed by atoms with van der Waals surface area (Å²) in [6, 6.07) is 5.67. The number of hydrogen-bond donors (Lipinski definition) is 1. The van der Waals surface area contributed by atoms with E-state index in [1.807, 2.05) is 24.5 Å². The lowest BCUT2D eigenvalue weighted by Gasteiger charge is -2.28. The standard InChI is InChI=1S/C16H20N2O3/c1-18-7-5-11(6-8-18)14-10-21-15-4-3-12(9-13(14)15)17-16(19)20-2/h3-4,9-11H,5-8H2,1-2H3,(H,17,19). The molecule has 5 heteroatoms. The van der Waals surface area contributed by atoms with Crippen LogP contribution in [0.15, 0.2) is 28.9 Å². The van der Waals surface area contributed by atoms with Gasteiger partial charge in [-0.2, -0.15) is 0 Å². The largest absolute Gasteiger partial charge is 0.464 e. The lowest BCUT2D eigenvalue weighted by molar-refractivity contribution is 0.187. The van der Waals surface area contributed by atoms with Gasteiger partial charge in [-0.05, 0) is 57.1 Å². The van der Waals surface area contributed by atoms with E-state index in [2.05, 4.69) is 22.0 Å². The number of hydrogen-bond acceptors (Lipinski definition) is 4. The second kappa shape index (κ2) is 5.77. The molecule has 1 aliphatic heterocycles. The molecule has 0 atom stereocenters. The van der Waals surface area contributed by atoms with Crippen LogP contribution in [0, 0.1) is 0 Å². The number of rotatable bonds is 2. The highest BCUT2D eigenvalue weighted by atomic mass is 16.5. The lowest BCUT2D eigenvalue weighted by atomic mass is 9.89. The summed E-state index contributed by atoms with van der Waals surface area (Å²) >= 11 is 0. The van der Waals surface area contributed by atoms with E-state index in [1.165, 1.54) is 12.7 Å². The zero-order chi connectivity index (χ0) is 14.8. The molecule has 1 aromatic heterocycles. The highest BCUT2D eigenvalue weighted by Gasteiger charge is 2.22. The Morgan fingerprint density at radius 2 is 2.14 bits per heavy atom. The molecule has 0 spiro atoms. The molecule has 112 valence electrons. The third-order valence-electron chi connectivity index (χ3n) is 4.19. The minimum absolute atomic E-state index is 0.460. The lowest BCUT2D eigenvalue weighted by Crippen LogP contribution is -2.29. The maximum absolute atomic E-state index is 11.3. The van der Waals surface area contributed by atoms with E-state index in [1.54, 1.807) is 0 Å². The second-order valence-corrected chi connectivity index (χ2v) is 5.60. The summed E-state index contributed by atoms with van der Waals surface area (Å²) in [7, 11) is 3.51. The van der Waals surface area contributed by atoms with Gasteiger partial charge in [0.1, 0.15) is 5.58 Å². The van der Waals surface area contributed by atoms with Crippen molar-refractivity contribution in [2.24, 2.45) is 0 Å². The van der Waals surface area contributed by atoms with Gasteiger partial charge in [0.05, 0.1) is 13.4 Å². The number of piperidine rings is 1. The zero-order valence-corrected chi connectivity index (χ0v) is 12.4. The Hall–Kier alpha value is -2.01. The van der Waals surface area contributed by atoms with Crippen LogP contribution in [0.3, 0.4) is 0 Å². The van der Waals surface area contributed by atoms with E-state index < -0.39 is 6.09 Å². The van der Waals surface area contributed by atoms with E-state index in [0.717, 1.165) is 42.6 Å². The van der Waals surface area contributed by atoms with Gasteiger partial charge < -0.3 is 14.1 Å². The molecule has 1 fully saturated rings. The molecule has 0 aliphatic carbocycles. The van der Waals surface area contributed by atoms with Crippen molar-refractivity contribution in [3.63, 3.8) is 0 Å². The summed E-state index contributed by atoms with van der Waals surface area (Å²) in [5.41, 5.74) is 2.83. The summed E-state index contributed by atoms with van der Waals surface area (Å²) in [6.07, 6.45) is 3.68. The van der Waals surface area contributed by atoms with Gasteiger partial charge >= 0.3 is 6.09 Å². The zero-order valence-electron chi connectivity index (χ0n) is 12.4. The predicted octanol–water partition coefficient (Wildman–Crippen LogP) is 3.42. The van der Waals surface area contributed by atoms with Crippen LogP contribution in [0.4, 0.5) is 10.5 Å². The number of likely N-dealkylation sites (tertiary alicyclic amines) is 1. The average molecular weight is 288 g/mol. The summed E-state index contributed by atoms with van der Waals surface area (Å²) in [5.74, 6) is 0.524. The number of ether oxygens (including phenoxy) is 1. The van der Waals surface area contributed by atoms with Crippen LogP contribution in [0.5, 0.6) is 0 Å². The van der Waals surface area contributed by atoms with E-state index in [-0.39, 0.29) is 0 Å². The van der Waals surface area contributed by atoms with Crippen molar-refractivity contribution in [3.05, 3.63) is 30.0 Å². The molecular weight excluding hydrogens is 268 g/mol. The Balaban J connectivity index is 1.88. The Labute approximate surface area is 123 Å². The summed E-state index contributed by atoms with van der Waals surface area (Å²) in [4.78, 5) is 13.7. The summed E-state index contributed by atoms with van der Waals surface area (Å²) in [5, 5.41) is 3.78. The van der Waals surface area contributed by atoms with Crippen LogP contribution in [-0.4, -0.2) is 38.2 Å². The molecule has 0 unspecified atom stereocenters. The summed E-state index contributed by atoms with van der Waals surface area (Å²) in [6.45, 7) is 2.22. The normalized spacial score (nSPS) is 17.0. The topological polar surface area (TPSA) is 54.7 Å². The second-order valence-electron chi connectivity index (χ2n) is 5.60. The number of nitrogens with one attached hydrogen (secondary N) is 1. The van der Waals surface area contributed by atoms with E-state index >= 15 is 0 Å². The number of carbonyl (C=O) groups is 1. The van der Waals surface area contributed by atoms with Crippen LogP contribution in [-0.2, 0) is 4.74 Å². The minimum Gasteiger partial charge on any atom is -0.464 e. The molecule has 1 aliphatic rings. The molecule has 1 N–H and O–H groups in total. The number of furan rings is 1. The Kier molecular flexibility index (Phi) is 3.84. The molecule has 2 aromatic rings. The summed E-state index contributed by atoms with van der Waals surface area (Å²) < 4.78 is 10.3. The maximum Gasteiger partial charge on any atom is 0.411 e.